The van der Waals surface area contributed by atoms with Gasteiger partial charge in [-0.3, -0.25) is 4.98 Å². The minimum atomic E-state index is -0.120. The van der Waals surface area contributed by atoms with Crippen LogP contribution in [-0.2, 0) is 11.0 Å². The highest BCUT2D eigenvalue weighted by Gasteiger charge is 2.52. The fourth-order valence-electron chi connectivity index (χ4n) is 4.38. The quantitative estimate of drug-likeness (QED) is 0.535. The van der Waals surface area contributed by atoms with Crippen molar-refractivity contribution in [2.75, 3.05) is 24.2 Å². The van der Waals surface area contributed by atoms with Gasteiger partial charge in [0.1, 0.15) is 0 Å². The first kappa shape index (κ1) is 20.5. The summed E-state index contributed by atoms with van der Waals surface area (Å²) in [6, 6.07) is 11.1. The van der Waals surface area contributed by atoms with Crippen LogP contribution < -0.4 is 10.2 Å². The van der Waals surface area contributed by atoms with Crippen molar-refractivity contribution in [3.63, 3.8) is 0 Å². The molecule has 1 aliphatic heterocycles. The van der Waals surface area contributed by atoms with Crippen LogP contribution in [0.4, 0.5) is 11.6 Å². The van der Waals surface area contributed by atoms with E-state index in [-0.39, 0.29) is 5.54 Å². The number of nitrogens with one attached hydrogen (secondary N) is 1. The Morgan fingerprint density at radius 1 is 1.10 bits per heavy atom. The Morgan fingerprint density at radius 2 is 1.87 bits per heavy atom. The number of thioether (sulfide) groups is 1. The molecule has 0 unspecified atom stereocenters. The fraction of sp³-hybridized carbons (Fsp3) is 0.400. The van der Waals surface area contributed by atoms with Crippen molar-refractivity contribution < 1.29 is 0 Å². The van der Waals surface area contributed by atoms with Gasteiger partial charge in [-0.05, 0) is 74.9 Å². The maximum Gasteiger partial charge on any atom is 0.229 e. The second kappa shape index (κ2) is 7.61. The zero-order chi connectivity index (χ0) is 21.6. The average Bonchev–Trinajstić information content (AvgIpc) is 3.51. The van der Waals surface area contributed by atoms with E-state index in [1.165, 1.54) is 34.6 Å². The molecule has 2 aromatic heterocycles. The van der Waals surface area contributed by atoms with E-state index in [4.69, 9.17) is 9.97 Å². The lowest BCUT2D eigenvalue weighted by atomic mass is 9.94. The van der Waals surface area contributed by atoms with Crippen LogP contribution in [0.3, 0.4) is 0 Å². The summed E-state index contributed by atoms with van der Waals surface area (Å²) >= 11 is 1.88. The highest BCUT2D eigenvalue weighted by atomic mass is 32.2. The molecule has 0 bridgehead atoms. The van der Waals surface area contributed by atoms with Gasteiger partial charge < -0.3 is 10.2 Å². The molecule has 5 rings (SSSR count). The Kier molecular flexibility index (Phi) is 5.02. The molecule has 6 heteroatoms. The smallest absolute Gasteiger partial charge is 0.229 e. The lowest BCUT2D eigenvalue weighted by molar-refractivity contribution is 0.444. The predicted octanol–water partition coefficient (Wildman–Crippen LogP) is 5.29. The summed E-state index contributed by atoms with van der Waals surface area (Å²) in [7, 11) is 1.98. The topological polar surface area (TPSA) is 53.9 Å². The molecule has 3 aromatic rings. The first-order valence-electron chi connectivity index (χ1n) is 11.0. The van der Waals surface area contributed by atoms with Crippen LogP contribution in [0.5, 0.6) is 0 Å². The lowest BCUT2D eigenvalue weighted by Gasteiger charge is -2.25. The van der Waals surface area contributed by atoms with Gasteiger partial charge in [-0.1, -0.05) is 13.0 Å². The Morgan fingerprint density at radius 3 is 2.55 bits per heavy atom. The van der Waals surface area contributed by atoms with Crippen molar-refractivity contribution in [1.29, 1.82) is 0 Å². The van der Waals surface area contributed by atoms with Crippen molar-refractivity contribution in [3.8, 4) is 11.3 Å². The summed E-state index contributed by atoms with van der Waals surface area (Å²) in [5.41, 5.74) is 5.95. The summed E-state index contributed by atoms with van der Waals surface area (Å²) < 4.78 is 0. The highest BCUT2D eigenvalue weighted by molar-refractivity contribution is 7.99. The van der Waals surface area contributed by atoms with Crippen molar-refractivity contribution in [1.82, 2.24) is 20.3 Å². The minimum Gasteiger partial charge on any atom is -0.311 e. The van der Waals surface area contributed by atoms with E-state index < -0.39 is 0 Å². The van der Waals surface area contributed by atoms with Crippen LogP contribution in [0.15, 0.2) is 53.8 Å². The monoisotopic (exact) mass is 431 g/mol. The SMILES string of the molecule is CCSc1ccc2c(c1)N(c1ncc(-c3cc(C(C)(C)NC)ccn3)cn1)CC21CC1. The molecule has 1 N–H and O–H groups in total. The van der Waals surface area contributed by atoms with Gasteiger partial charge in [0, 0.05) is 52.2 Å². The molecule has 3 heterocycles. The van der Waals surface area contributed by atoms with Gasteiger partial charge >= 0.3 is 0 Å². The number of hydrogen-bond acceptors (Lipinski definition) is 6. The highest BCUT2D eigenvalue weighted by Crippen LogP contribution is 2.58. The van der Waals surface area contributed by atoms with Gasteiger partial charge in [0.15, 0.2) is 0 Å². The molecule has 5 nitrogen and oxygen atoms in total. The third-order valence-corrected chi connectivity index (χ3v) is 7.61. The standard InChI is InChI=1S/C25H29N5S/c1-5-31-19-6-7-20-22(13-19)30(16-25(20)9-10-25)23-28-14-17(15-29-23)21-12-18(8-11-27-21)24(2,3)26-4/h6-8,11-15,26H,5,9-10,16H2,1-4H3. The molecule has 0 atom stereocenters. The summed E-state index contributed by atoms with van der Waals surface area (Å²) in [6.45, 7) is 7.50. The molecule has 0 radical (unpaired) electrons. The van der Waals surface area contributed by atoms with E-state index in [0.717, 1.165) is 29.5 Å². The molecule has 1 fully saturated rings. The average molecular weight is 432 g/mol. The van der Waals surface area contributed by atoms with Crippen molar-refractivity contribution in [2.24, 2.45) is 0 Å². The molecule has 0 amide bonds. The predicted molar refractivity (Wildman–Crippen MR) is 128 cm³/mol. The largest absolute Gasteiger partial charge is 0.311 e. The van der Waals surface area contributed by atoms with Crippen LogP contribution in [0.2, 0.25) is 0 Å². The lowest BCUT2D eigenvalue weighted by Crippen LogP contribution is -2.33. The molecule has 0 saturated heterocycles. The summed E-state index contributed by atoms with van der Waals surface area (Å²) in [5, 5.41) is 3.35. The third-order valence-electron chi connectivity index (χ3n) is 6.74. The van der Waals surface area contributed by atoms with Gasteiger partial charge in [-0.15, -0.1) is 11.8 Å². The summed E-state index contributed by atoms with van der Waals surface area (Å²) in [5.74, 6) is 1.85. The van der Waals surface area contributed by atoms with E-state index in [1.54, 1.807) is 0 Å². The molecule has 1 spiro atoms. The van der Waals surface area contributed by atoms with E-state index >= 15 is 0 Å². The molecule has 160 valence electrons. The van der Waals surface area contributed by atoms with Crippen LogP contribution >= 0.6 is 11.8 Å². The Labute approximate surface area is 188 Å². The van der Waals surface area contributed by atoms with Gasteiger partial charge in [0.2, 0.25) is 5.95 Å². The number of aromatic nitrogens is 3. The van der Waals surface area contributed by atoms with Crippen LogP contribution in [0.25, 0.3) is 11.3 Å². The Bertz CT molecular complexity index is 1110. The second-order valence-electron chi connectivity index (χ2n) is 9.05. The van der Waals surface area contributed by atoms with Crippen LogP contribution in [-0.4, -0.2) is 34.3 Å². The maximum absolute atomic E-state index is 4.77. The van der Waals surface area contributed by atoms with Gasteiger partial charge in [0.05, 0.1) is 5.69 Å². The van der Waals surface area contributed by atoms with Crippen LogP contribution in [0, 0.1) is 0 Å². The number of rotatable bonds is 6. The van der Waals surface area contributed by atoms with Crippen LogP contribution in [0.1, 0.15) is 44.7 Å². The first-order valence-corrected chi connectivity index (χ1v) is 12.0. The van der Waals surface area contributed by atoms with E-state index in [9.17, 15) is 0 Å². The third kappa shape index (κ3) is 3.62. The van der Waals surface area contributed by atoms with E-state index in [0.29, 0.717) is 5.41 Å². The van der Waals surface area contributed by atoms with Crippen molar-refractivity contribution in [3.05, 3.63) is 60.0 Å². The number of hydrogen-bond donors (Lipinski definition) is 1. The van der Waals surface area contributed by atoms with Crippen molar-refractivity contribution >= 4 is 23.4 Å². The maximum atomic E-state index is 4.77. The molecule has 1 saturated carbocycles. The normalized spacial score (nSPS) is 16.6. The molecular weight excluding hydrogens is 402 g/mol. The molecule has 31 heavy (non-hydrogen) atoms. The zero-order valence-corrected chi connectivity index (χ0v) is 19.5. The number of fused-ring (bicyclic) bond motifs is 2. The summed E-state index contributed by atoms with van der Waals surface area (Å²) in [4.78, 5) is 17.7. The van der Waals surface area contributed by atoms with E-state index in [1.807, 2.05) is 37.4 Å². The first-order chi connectivity index (χ1) is 15.0. The summed E-state index contributed by atoms with van der Waals surface area (Å²) in [6.07, 6.45) is 8.18. The zero-order valence-electron chi connectivity index (χ0n) is 18.6. The fourth-order valence-corrected chi connectivity index (χ4v) is 5.08. The number of anilines is 2. The second-order valence-corrected chi connectivity index (χ2v) is 10.4. The van der Waals surface area contributed by atoms with E-state index in [2.05, 4.69) is 66.3 Å². The molecule has 1 aromatic carbocycles. The van der Waals surface area contributed by atoms with Gasteiger partial charge in [-0.2, -0.15) is 0 Å². The minimum absolute atomic E-state index is 0.120. The Balaban J connectivity index is 1.46. The molecular formula is C25H29N5S. The van der Waals surface area contributed by atoms with Gasteiger partial charge in [0.25, 0.3) is 0 Å². The Hall–Kier alpha value is -2.44. The van der Waals surface area contributed by atoms with Crippen molar-refractivity contribution in [2.45, 2.75) is 49.5 Å². The molecule has 1 aliphatic carbocycles. The number of pyridine rings is 1. The number of nitrogens with zero attached hydrogens (tertiary/aromatic N) is 4. The molecule has 2 aliphatic rings. The number of benzene rings is 1. The van der Waals surface area contributed by atoms with Gasteiger partial charge in [-0.25, -0.2) is 9.97 Å².